The molecule has 0 bridgehead atoms. The van der Waals surface area contributed by atoms with Crippen molar-refractivity contribution in [3.05, 3.63) is 57.4 Å². The number of halogens is 1. The molecule has 0 radical (unpaired) electrons. The van der Waals surface area contributed by atoms with Gasteiger partial charge in [0.15, 0.2) is 11.5 Å². The standard InChI is InChI=1S/C20H21FN2O6/c1-27-18-8-12-6-7-22(15-5-4-13(21)9-17(15)23(25)26)16(11-20(24)29-3)14(12)10-19(18)28-2/h4-5,8-10,16H,6-7,11H2,1-3H3/t16-/m1/s1. The number of fused-ring (bicyclic) bond motifs is 1. The topological polar surface area (TPSA) is 91.1 Å². The lowest BCUT2D eigenvalue weighted by Crippen LogP contribution is -2.37. The van der Waals surface area contributed by atoms with Crippen molar-refractivity contribution in [3.63, 3.8) is 0 Å². The van der Waals surface area contributed by atoms with E-state index in [1.165, 1.54) is 33.5 Å². The fraction of sp³-hybridized carbons (Fsp3) is 0.350. The monoisotopic (exact) mass is 404 g/mol. The SMILES string of the molecule is COC(=O)C[C@@H]1c2cc(OC)c(OC)cc2CCN1c1ccc(F)cc1[N+](=O)[O-]. The third-order valence-corrected chi connectivity index (χ3v) is 5.03. The van der Waals surface area contributed by atoms with E-state index in [4.69, 9.17) is 14.2 Å². The molecule has 2 aromatic rings. The van der Waals surface area contributed by atoms with Crippen LogP contribution in [0.3, 0.4) is 0 Å². The maximum Gasteiger partial charge on any atom is 0.307 e. The molecule has 1 aliphatic rings. The van der Waals surface area contributed by atoms with E-state index in [-0.39, 0.29) is 17.8 Å². The quantitative estimate of drug-likeness (QED) is 0.414. The first kappa shape index (κ1) is 20.4. The molecule has 1 aliphatic heterocycles. The van der Waals surface area contributed by atoms with E-state index in [2.05, 4.69) is 0 Å². The van der Waals surface area contributed by atoms with Crippen molar-refractivity contribution in [3.8, 4) is 11.5 Å². The molecular formula is C20H21FN2O6. The number of benzene rings is 2. The Morgan fingerprint density at radius 1 is 1.21 bits per heavy atom. The molecule has 8 nitrogen and oxygen atoms in total. The largest absolute Gasteiger partial charge is 0.493 e. The molecule has 0 fully saturated rings. The molecule has 0 aromatic heterocycles. The number of nitro benzene ring substituents is 1. The van der Waals surface area contributed by atoms with E-state index in [0.717, 1.165) is 17.2 Å². The minimum absolute atomic E-state index is 0.0342. The van der Waals surface area contributed by atoms with Crippen molar-refractivity contribution in [2.24, 2.45) is 0 Å². The minimum atomic E-state index is -0.700. The van der Waals surface area contributed by atoms with Crippen LogP contribution in [0.15, 0.2) is 30.3 Å². The van der Waals surface area contributed by atoms with Crippen molar-refractivity contribution < 1.29 is 28.3 Å². The number of nitrogens with zero attached hydrogens (tertiary/aromatic N) is 2. The van der Waals surface area contributed by atoms with Gasteiger partial charge in [-0.15, -0.1) is 0 Å². The van der Waals surface area contributed by atoms with E-state index < -0.39 is 22.8 Å². The Morgan fingerprint density at radius 2 is 1.90 bits per heavy atom. The van der Waals surface area contributed by atoms with Gasteiger partial charge in [-0.25, -0.2) is 4.39 Å². The van der Waals surface area contributed by atoms with Crippen LogP contribution in [-0.2, 0) is 16.0 Å². The first-order valence-corrected chi connectivity index (χ1v) is 8.91. The fourth-order valence-corrected chi connectivity index (χ4v) is 3.66. The van der Waals surface area contributed by atoms with Gasteiger partial charge in [0.1, 0.15) is 11.5 Å². The Morgan fingerprint density at radius 3 is 2.52 bits per heavy atom. The first-order valence-electron chi connectivity index (χ1n) is 8.91. The minimum Gasteiger partial charge on any atom is -0.493 e. The van der Waals surface area contributed by atoms with Gasteiger partial charge >= 0.3 is 5.97 Å². The maximum atomic E-state index is 13.6. The summed E-state index contributed by atoms with van der Waals surface area (Å²) < 4.78 is 29.2. The number of ether oxygens (including phenoxy) is 3. The highest BCUT2D eigenvalue weighted by Crippen LogP contribution is 2.43. The zero-order valence-electron chi connectivity index (χ0n) is 16.3. The maximum absolute atomic E-state index is 13.6. The number of carbonyl (C=O) groups excluding carboxylic acids is 1. The Bertz CT molecular complexity index is 949. The molecule has 1 atom stereocenters. The van der Waals surface area contributed by atoms with Crippen molar-refractivity contribution in [2.45, 2.75) is 18.9 Å². The van der Waals surface area contributed by atoms with Gasteiger partial charge in [0.2, 0.25) is 0 Å². The van der Waals surface area contributed by atoms with Crippen molar-refractivity contribution in [1.82, 2.24) is 0 Å². The normalized spacial score (nSPS) is 15.4. The van der Waals surface area contributed by atoms with Crippen LogP contribution >= 0.6 is 0 Å². The van der Waals surface area contributed by atoms with Crippen LogP contribution in [0.5, 0.6) is 11.5 Å². The lowest BCUT2D eigenvalue weighted by atomic mass is 9.89. The van der Waals surface area contributed by atoms with E-state index in [1.54, 1.807) is 11.0 Å². The summed E-state index contributed by atoms with van der Waals surface area (Å²) >= 11 is 0. The average Bonchev–Trinajstić information content (AvgIpc) is 2.72. The summed E-state index contributed by atoms with van der Waals surface area (Å²) in [6.07, 6.45) is 0.523. The van der Waals surface area contributed by atoms with Gasteiger partial charge < -0.3 is 19.1 Å². The second-order valence-electron chi connectivity index (χ2n) is 6.54. The Hall–Kier alpha value is -3.36. The molecule has 0 spiro atoms. The summed E-state index contributed by atoms with van der Waals surface area (Å²) in [5.74, 6) is -0.123. The predicted molar refractivity (Wildman–Crippen MR) is 103 cm³/mol. The molecule has 0 saturated heterocycles. The van der Waals surface area contributed by atoms with Crippen LogP contribution in [0.2, 0.25) is 0 Å². The summed E-state index contributed by atoms with van der Waals surface area (Å²) in [6.45, 7) is 0.399. The number of methoxy groups -OCH3 is 3. The van der Waals surface area contributed by atoms with Crippen LogP contribution in [-0.4, -0.2) is 38.8 Å². The lowest BCUT2D eigenvalue weighted by molar-refractivity contribution is -0.384. The van der Waals surface area contributed by atoms with Gasteiger partial charge in [-0.3, -0.25) is 14.9 Å². The van der Waals surface area contributed by atoms with Crippen molar-refractivity contribution in [1.29, 1.82) is 0 Å². The van der Waals surface area contributed by atoms with Gasteiger partial charge in [-0.1, -0.05) is 0 Å². The molecule has 1 heterocycles. The molecule has 154 valence electrons. The first-order chi connectivity index (χ1) is 13.9. The molecule has 29 heavy (non-hydrogen) atoms. The van der Waals surface area contributed by atoms with E-state index in [0.29, 0.717) is 24.5 Å². The lowest BCUT2D eigenvalue weighted by Gasteiger charge is -2.38. The third-order valence-electron chi connectivity index (χ3n) is 5.03. The molecule has 0 amide bonds. The highest BCUT2D eigenvalue weighted by atomic mass is 19.1. The zero-order chi connectivity index (χ0) is 21.1. The van der Waals surface area contributed by atoms with Gasteiger partial charge in [0, 0.05) is 6.54 Å². The second kappa shape index (κ2) is 8.34. The summed E-state index contributed by atoms with van der Waals surface area (Å²) in [6, 6.07) is 6.48. The van der Waals surface area contributed by atoms with E-state index in [9.17, 15) is 19.3 Å². The smallest absolute Gasteiger partial charge is 0.307 e. The van der Waals surface area contributed by atoms with Crippen LogP contribution in [0.25, 0.3) is 0 Å². The number of anilines is 1. The molecule has 2 aromatic carbocycles. The Balaban J connectivity index is 2.15. The molecule has 0 unspecified atom stereocenters. The number of esters is 1. The summed E-state index contributed by atoms with van der Waals surface area (Å²) in [5, 5.41) is 11.5. The van der Waals surface area contributed by atoms with Crippen molar-refractivity contribution >= 4 is 17.3 Å². The molecule has 0 N–H and O–H groups in total. The summed E-state index contributed by atoms with van der Waals surface area (Å²) in [4.78, 5) is 24.7. The highest BCUT2D eigenvalue weighted by Gasteiger charge is 2.34. The predicted octanol–water partition coefficient (Wildman–Crippen LogP) is 3.42. The second-order valence-corrected chi connectivity index (χ2v) is 6.54. The van der Waals surface area contributed by atoms with Gasteiger partial charge in [-0.05, 0) is 41.8 Å². The number of hydrogen-bond donors (Lipinski definition) is 0. The number of rotatable bonds is 6. The molecule has 0 saturated carbocycles. The number of carbonyl (C=O) groups is 1. The molecular weight excluding hydrogens is 383 g/mol. The van der Waals surface area contributed by atoms with Crippen molar-refractivity contribution in [2.75, 3.05) is 32.8 Å². The van der Waals surface area contributed by atoms with Gasteiger partial charge in [0.05, 0.1) is 44.8 Å². The molecule has 3 rings (SSSR count). The molecule has 0 aliphatic carbocycles. The zero-order valence-corrected chi connectivity index (χ0v) is 16.3. The number of nitro groups is 1. The van der Waals surface area contributed by atoms with Gasteiger partial charge in [0.25, 0.3) is 5.69 Å². The summed E-state index contributed by atoms with van der Waals surface area (Å²) in [5.41, 5.74) is 1.60. The summed E-state index contributed by atoms with van der Waals surface area (Å²) in [7, 11) is 4.32. The fourth-order valence-electron chi connectivity index (χ4n) is 3.66. The highest BCUT2D eigenvalue weighted by molar-refractivity contribution is 5.73. The van der Waals surface area contributed by atoms with Crippen LogP contribution in [0, 0.1) is 15.9 Å². The van der Waals surface area contributed by atoms with Crippen LogP contribution < -0.4 is 14.4 Å². The van der Waals surface area contributed by atoms with E-state index in [1.807, 2.05) is 6.07 Å². The van der Waals surface area contributed by atoms with E-state index >= 15 is 0 Å². The van der Waals surface area contributed by atoms with Crippen LogP contribution in [0.4, 0.5) is 15.8 Å². The number of hydrogen-bond acceptors (Lipinski definition) is 7. The Labute approximate surface area is 166 Å². The average molecular weight is 404 g/mol. The van der Waals surface area contributed by atoms with Gasteiger partial charge in [-0.2, -0.15) is 0 Å². The Kier molecular flexibility index (Phi) is 5.86. The van der Waals surface area contributed by atoms with Crippen LogP contribution in [0.1, 0.15) is 23.6 Å². The third kappa shape index (κ3) is 3.94. The molecule has 9 heteroatoms.